The number of amides is 1. The van der Waals surface area contributed by atoms with E-state index in [1.165, 1.54) is 42.2 Å². The second-order valence-electron chi connectivity index (χ2n) is 6.93. The van der Waals surface area contributed by atoms with E-state index in [0.29, 0.717) is 11.3 Å². The van der Waals surface area contributed by atoms with Crippen LogP contribution >= 0.6 is 11.8 Å². The van der Waals surface area contributed by atoms with E-state index >= 15 is 0 Å². The smallest absolute Gasteiger partial charge is 0.264 e. The predicted molar refractivity (Wildman–Crippen MR) is 130 cm³/mol. The first-order valence-corrected chi connectivity index (χ1v) is 12.5. The van der Waals surface area contributed by atoms with Gasteiger partial charge in [-0.3, -0.25) is 4.79 Å². The first-order valence-electron chi connectivity index (χ1n) is 9.98. The van der Waals surface area contributed by atoms with Crippen LogP contribution in [-0.4, -0.2) is 24.3 Å². The Morgan fingerprint density at radius 3 is 2.21 bits per heavy atom. The molecule has 0 radical (unpaired) electrons. The lowest BCUT2D eigenvalue weighted by Crippen LogP contribution is -2.15. The summed E-state index contributed by atoms with van der Waals surface area (Å²) >= 11 is 1.59. The maximum atomic E-state index is 12.9. The zero-order valence-corrected chi connectivity index (χ0v) is 19.0. The summed E-state index contributed by atoms with van der Waals surface area (Å²) in [7, 11) is -3.84. The largest absolute Gasteiger partial charge is 0.322 e. The first kappa shape index (κ1) is 22.5. The third kappa shape index (κ3) is 5.97. The molecule has 4 rings (SSSR count). The minimum atomic E-state index is -3.84. The fourth-order valence-electron chi connectivity index (χ4n) is 2.96. The number of carbonyl (C=O) groups is 1. The van der Waals surface area contributed by atoms with E-state index in [0.717, 1.165) is 10.6 Å². The quantitative estimate of drug-likeness (QED) is 0.354. The van der Waals surface area contributed by atoms with E-state index in [2.05, 4.69) is 20.0 Å². The molecule has 33 heavy (non-hydrogen) atoms. The number of hydrogen-bond donors (Lipinski definition) is 2. The van der Waals surface area contributed by atoms with Gasteiger partial charge in [0.05, 0.1) is 10.5 Å². The molecule has 0 saturated heterocycles. The van der Waals surface area contributed by atoms with Crippen LogP contribution in [0.3, 0.4) is 0 Å². The molecule has 0 unspecified atom stereocenters. The summed E-state index contributed by atoms with van der Waals surface area (Å²) in [4.78, 5) is 21.5. The lowest BCUT2D eigenvalue weighted by Gasteiger charge is -2.11. The molecule has 1 aromatic heterocycles. The third-order valence-corrected chi connectivity index (χ3v) is 7.07. The van der Waals surface area contributed by atoms with Crippen LogP contribution in [0.4, 0.5) is 11.6 Å². The van der Waals surface area contributed by atoms with Crippen molar-refractivity contribution in [1.29, 1.82) is 0 Å². The average molecular weight is 477 g/mol. The second kappa shape index (κ2) is 10.3. The van der Waals surface area contributed by atoms with E-state index in [4.69, 9.17) is 0 Å². The van der Waals surface area contributed by atoms with Gasteiger partial charge in [0.25, 0.3) is 15.9 Å². The van der Waals surface area contributed by atoms with Crippen molar-refractivity contribution in [1.82, 2.24) is 9.97 Å². The number of rotatable bonds is 8. The Balaban J connectivity index is 1.44. The fourth-order valence-corrected chi connectivity index (χ4v) is 4.93. The van der Waals surface area contributed by atoms with Crippen LogP contribution in [0.25, 0.3) is 0 Å². The monoisotopic (exact) mass is 476 g/mol. The SMILES string of the molecule is O=C(Nc1ccc(S(=O)(=O)Nc2ncccn2)cc1)c1ccccc1SCc1ccccc1. The van der Waals surface area contributed by atoms with Gasteiger partial charge in [0.15, 0.2) is 0 Å². The molecule has 166 valence electrons. The Morgan fingerprint density at radius 1 is 0.818 bits per heavy atom. The molecule has 7 nitrogen and oxygen atoms in total. The molecule has 0 bridgehead atoms. The van der Waals surface area contributed by atoms with Gasteiger partial charge in [0.1, 0.15) is 0 Å². The molecule has 1 amide bonds. The van der Waals surface area contributed by atoms with Gasteiger partial charge in [-0.05, 0) is 48.0 Å². The van der Waals surface area contributed by atoms with Gasteiger partial charge in [-0.15, -0.1) is 11.8 Å². The topological polar surface area (TPSA) is 101 Å². The molecular formula is C24H20N4O3S2. The summed E-state index contributed by atoms with van der Waals surface area (Å²) < 4.78 is 27.3. The number of aromatic nitrogens is 2. The highest BCUT2D eigenvalue weighted by Crippen LogP contribution is 2.27. The van der Waals surface area contributed by atoms with Crippen molar-refractivity contribution in [3.63, 3.8) is 0 Å². The van der Waals surface area contributed by atoms with Gasteiger partial charge in [-0.1, -0.05) is 42.5 Å². The Kier molecular flexibility index (Phi) is 7.01. The molecule has 0 fully saturated rings. The molecule has 0 aliphatic carbocycles. The highest BCUT2D eigenvalue weighted by Gasteiger charge is 2.16. The molecule has 1 heterocycles. The molecule has 0 aliphatic heterocycles. The average Bonchev–Trinajstić information content (AvgIpc) is 2.84. The van der Waals surface area contributed by atoms with Crippen molar-refractivity contribution in [2.75, 3.05) is 10.0 Å². The van der Waals surface area contributed by atoms with Crippen molar-refractivity contribution in [2.45, 2.75) is 15.5 Å². The number of nitrogens with one attached hydrogen (secondary N) is 2. The highest BCUT2D eigenvalue weighted by atomic mass is 32.2. The molecule has 0 spiro atoms. The zero-order valence-electron chi connectivity index (χ0n) is 17.4. The van der Waals surface area contributed by atoms with Crippen LogP contribution in [0, 0.1) is 0 Å². The number of thioether (sulfide) groups is 1. The van der Waals surface area contributed by atoms with E-state index in [-0.39, 0.29) is 16.8 Å². The van der Waals surface area contributed by atoms with E-state index < -0.39 is 10.0 Å². The van der Waals surface area contributed by atoms with Crippen LogP contribution in [0.1, 0.15) is 15.9 Å². The molecule has 4 aromatic rings. The molecule has 9 heteroatoms. The highest BCUT2D eigenvalue weighted by molar-refractivity contribution is 7.98. The summed E-state index contributed by atoms with van der Waals surface area (Å²) in [6, 6.07) is 24.9. The standard InChI is InChI=1S/C24H20N4O3S2/c29-23(21-9-4-5-10-22(21)32-17-18-7-2-1-3-8-18)27-19-11-13-20(14-12-19)33(30,31)28-24-25-15-6-16-26-24/h1-16H,17H2,(H,27,29)(H,25,26,28). The summed E-state index contributed by atoms with van der Waals surface area (Å²) in [6.07, 6.45) is 2.89. The van der Waals surface area contributed by atoms with E-state index in [9.17, 15) is 13.2 Å². The summed E-state index contributed by atoms with van der Waals surface area (Å²) in [5.74, 6) is 0.465. The molecule has 0 atom stereocenters. The van der Waals surface area contributed by atoms with Gasteiger partial charge in [-0.25, -0.2) is 23.1 Å². The van der Waals surface area contributed by atoms with Gasteiger partial charge in [0.2, 0.25) is 5.95 Å². The Labute approximate surface area is 196 Å². The van der Waals surface area contributed by atoms with Crippen LogP contribution in [0.15, 0.2) is 107 Å². The minimum Gasteiger partial charge on any atom is -0.322 e. The summed E-state index contributed by atoms with van der Waals surface area (Å²) in [5, 5.41) is 2.83. The molecule has 3 aromatic carbocycles. The third-order valence-electron chi connectivity index (χ3n) is 4.58. The van der Waals surface area contributed by atoms with Crippen LogP contribution < -0.4 is 10.0 Å². The predicted octanol–water partition coefficient (Wildman–Crippen LogP) is 4.82. The second-order valence-corrected chi connectivity index (χ2v) is 9.63. The number of anilines is 2. The van der Waals surface area contributed by atoms with E-state index in [1.54, 1.807) is 23.9 Å². The number of hydrogen-bond acceptors (Lipinski definition) is 6. The van der Waals surface area contributed by atoms with Crippen molar-refractivity contribution in [3.05, 3.63) is 108 Å². The van der Waals surface area contributed by atoms with Crippen molar-refractivity contribution in [2.24, 2.45) is 0 Å². The maximum Gasteiger partial charge on any atom is 0.264 e. The summed E-state index contributed by atoms with van der Waals surface area (Å²) in [5.41, 5.74) is 2.21. The van der Waals surface area contributed by atoms with Gasteiger partial charge < -0.3 is 5.32 Å². The van der Waals surface area contributed by atoms with Crippen molar-refractivity contribution in [3.8, 4) is 0 Å². The van der Waals surface area contributed by atoms with Crippen molar-refractivity contribution < 1.29 is 13.2 Å². The lowest BCUT2D eigenvalue weighted by atomic mass is 10.2. The van der Waals surface area contributed by atoms with Gasteiger partial charge in [0, 0.05) is 28.7 Å². The number of nitrogens with zero attached hydrogens (tertiary/aromatic N) is 2. The first-order chi connectivity index (χ1) is 16.0. The van der Waals surface area contributed by atoms with E-state index in [1.807, 2.05) is 48.5 Å². The maximum absolute atomic E-state index is 12.9. The van der Waals surface area contributed by atoms with Gasteiger partial charge >= 0.3 is 0 Å². The number of carbonyl (C=O) groups excluding carboxylic acids is 1. The summed E-state index contributed by atoms with van der Waals surface area (Å²) in [6.45, 7) is 0. The number of sulfonamides is 1. The molecule has 2 N–H and O–H groups in total. The Morgan fingerprint density at radius 2 is 1.48 bits per heavy atom. The normalized spacial score (nSPS) is 11.0. The zero-order chi connectivity index (χ0) is 23.1. The Bertz CT molecular complexity index is 1330. The molecule has 0 saturated carbocycles. The van der Waals surface area contributed by atoms with Crippen LogP contribution in [-0.2, 0) is 15.8 Å². The Hall–Kier alpha value is -3.69. The lowest BCUT2D eigenvalue weighted by molar-refractivity contribution is 0.102. The van der Waals surface area contributed by atoms with Gasteiger partial charge in [-0.2, -0.15) is 0 Å². The fraction of sp³-hybridized carbons (Fsp3) is 0.0417. The molecule has 0 aliphatic rings. The van der Waals surface area contributed by atoms with Crippen LogP contribution in [0.5, 0.6) is 0 Å². The minimum absolute atomic E-state index is 0.0144. The van der Waals surface area contributed by atoms with Crippen LogP contribution in [0.2, 0.25) is 0 Å². The number of benzene rings is 3. The molecular weight excluding hydrogens is 456 g/mol. The van der Waals surface area contributed by atoms with Crippen molar-refractivity contribution >= 4 is 39.3 Å².